The van der Waals surface area contributed by atoms with Crippen LogP contribution in [0.25, 0.3) is 0 Å². The Hall–Kier alpha value is -1.11. The molecule has 1 aliphatic carbocycles. The summed E-state index contributed by atoms with van der Waals surface area (Å²) in [7, 11) is 1.65. The summed E-state index contributed by atoms with van der Waals surface area (Å²) in [5, 5.41) is 2.87. The summed E-state index contributed by atoms with van der Waals surface area (Å²) >= 11 is 2.16. The van der Waals surface area contributed by atoms with Crippen molar-refractivity contribution in [2.45, 2.75) is 18.9 Å². The van der Waals surface area contributed by atoms with Gasteiger partial charge in [-0.25, -0.2) is 0 Å². The first-order chi connectivity index (χ1) is 8.56. The molecule has 0 saturated heterocycles. The zero-order chi connectivity index (χ0) is 13.1. The van der Waals surface area contributed by atoms with Crippen LogP contribution >= 0.6 is 22.6 Å². The van der Waals surface area contributed by atoms with Crippen molar-refractivity contribution in [3.8, 4) is 0 Å². The third-order valence-corrected chi connectivity index (χ3v) is 3.41. The summed E-state index contributed by atoms with van der Waals surface area (Å²) in [5.41, 5.74) is 0.614. The number of hydrogen-bond donors (Lipinski definition) is 1. The van der Waals surface area contributed by atoms with Crippen molar-refractivity contribution in [2.75, 3.05) is 13.6 Å². The maximum atomic E-state index is 12.1. The molecule has 1 aromatic rings. The number of carbonyl (C=O) groups is 2. The van der Waals surface area contributed by atoms with Crippen LogP contribution < -0.4 is 5.32 Å². The first-order valence-corrected chi connectivity index (χ1v) is 6.94. The van der Waals surface area contributed by atoms with Gasteiger partial charge in [0.1, 0.15) is 0 Å². The van der Waals surface area contributed by atoms with E-state index in [9.17, 15) is 9.59 Å². The lowest BCUT2D eigenvalue weighted by Crippen LogP contribution is -2.39. The summed E-state index contributed by atoms with van der Waals surface area (Å²) in [6.45, 7) is 0.112. The highest BCUT2D eigenvalue weighted by molar-refractivity contribution is 14.1. The molecule has 1 aromatic carbocycles. The summed E-state index contributed by atoms with van der Waals surface area (Å²) in [4.78, 5) is 25.1. The fourth-order valence-corrected chi connectivity index (χ4v) is 2.17. The molecule has 0 bridgehead atoms. The molecular weight excluding hydrogens is 343 g/mol. The number of hydrogen-bond acceptors (Lipinski definition) is 2. The van der Waals surface area contributed by atoms with Gasteiger partial charge < -0.3 is 10.2 Å². The monoisotopic (exact) mass is 358 g/mol. The van der Waals surface area contributed by atoms with Crippen molar-refractivity contribution in [3.63, 3.8) is 0 Å². The zero-order valence-electron chi connectivity index (χ0n) is 10.1. The zero-order valence-corrected chi connectivity index (χ0v) is 12.3. The average Bonchev–Trinajstić information content (AvgIpc) is 3.11. The van der Waals surface area contributed by atoms with E-state index in [1.54, 1.807) is 13.1 Å². The van der Waals surface area contributed by atoms with Gasteiger partial charge in [-0.3, -0.25) is 9.59 Å². The van der Waals surface area contributed by atoms with Gasteiger partial charge >= 0.3 is 0 Å². The molecule has 1 fully saturated rings. The van der Waals surface area contributed by atoms with E-state index >= 15 is 0 Å². The molecule has 2 rings (SSSR count). The second-order valence-electron chi connectivity index (χ2n) is 4.51. The number of halogens is 1. The summed E-state index contributed by atoms with van der Waals surface area (Å²) < 4.78 is 1.01. The fourth-order valence-electron chi connectivity index (χ4n) is 1.63. The maximum Gasteiger partial charge on any atom is 0.254 e. The molecule has 0 spiro atoms. The Morgan fingerprint density at radius 1 is 1.44 bits per heavy atom. The minimum Gasteiger partial charge on any atom is -0.352 e. The molecule has 0 aromatic heterocycles. The van der Waals surface area contributed by atoms with Crippen LogP contribution in [0.15, 0.2) is 24.3 Å². The van der Waals surface area contributed by atoms with Crippen molar-refractivity contribution < 1.29 is 9.59 Å². The van der Waals surface area contributed by atoms with Crippen LogP contribution in [0.4, 0.5) is 0 Å². The first kappa shape index (κ1) is 13.3. The lowest BCUT2D eigenvalue weighted by atomic mass is 10.2. The normalized spacial score (nSPS) is 14.1. The highest BCUT2D eigenvalue weighted by atomic mass is 127. The number of rotatable bonds is 4. The Morgan fingerprint density at radius 2 is 2.17 bits per heavy atom. The molecular formula is C13H15IN2O2. The molecule has 18 heavy (non-hydrogen) atoms. The summed E-state index contributed by atoms with van der Waals surface area (Å²) in [6, 6.07) is 7.68. The first-order valence-electron chi connectivity index (χ1n) is 5.86. The van der Waals surface area contributed by atoms with Gasteiger partial charge in [0.05, 0.1) is 6.54 Å². The molecule has 5 heteroatoms. The number of likely N-dealkylation sites (N-methyl/N-ethyl adjacent to an activating group) is 1. The fraction of sp³-hybridized carbons (Fsp3) is 0.385. The second kappa shape index (κ2) is 5.69. The van der Waals surface area contributed by atoms with Crippen LogP contribution in [0.5, 0.6) is 0 Å². The third kappa shape index (κ3) is 3.69. The van der Waals surface area contributed by atoms with E-state index in [1.165, 1.54) is 4.90 Å². The number of nitrogens with zero attached hydrogens (tertiary/aromatic N) is 1. The van der Waals surface area contributed by atoms with Crippen molar-refractivity contribution in [1.29, 1.82) is 0 Å². The van der Waals surface area contributed by atoms with Gasteiger partial charge in [-0.05, 0) is 53.6 Å². The summed E-state index contributed by atoms with van der Waals surface area (Å²) in [6.07, 6.45) is 2.11. The number of benzene rings is 1. The SMILES string of the molecule is CN(CC(=O)NC1CC1)C(=O)c1cccc(I)c1. The Balaban J connectivity index is 1.93. The summed E-state index contributed by atoms with van der Waals surface area (Å²) in [5.74, 6) is -0.210. The van der Waals surface area contributed by atoms with E-state index in [0.717, 1.165) is 16.4 Å². The van der Waals surface area contributed by atoms with Crippen LogP contribution in [-0.2, 0) is 4.79 Å². The number of nitrogens with one attached hydrogen (secondary N) is 1. The van der Waals surface area contributed by atoms with Crippen LogP contribution in [0.2, 0.25) is 0 Å². The third-order valence-electron chi connectivity index (χ3n) is 2.74. The Labute approximate surface area is 120 Å². The molecule has 1 aliphatic rings. The molecule has 96 valence electrons. The van der Waals surface area contributed by atoms with Crippen LogP contribution in [-0.4, -0.2) is 36.3 Å². The van der Waals surface area contributed by atoms with Crippen molar-refractivity contribution in [2.24, 2.45) is 0 Å². The van der Waals surface area contributed by atoms with E-state index < -0.39 is 0 Å². The van der Waals surface area contributed by atoms with E-state index in [4.69, 9.17) is 0 Å². The highest BCUT2D eigenvalue weighted by Gasteiger charge is 2.24. The van der Waals surface area contributed by atoms with Gasteiger partial charge in [0, 0.05) is 22.2 Å². The Bertz CT molecular complexity index is 472. The molecule has 1 N–H and O–H groups in total. The highest BCUT2D eigenvalue weighted by Crippen LogP contribution is 2.18. The van der Waals surface area contributed by atoms with Gasteiger partial charge in [-0.1, -0.05) is 6.07 Å². The lowest BCUT2D eigenvalue weighted by Gasteiger charge is -2.16. The average molecular weight is 358 g/mol. The predicted octanol–water partition coefficient (Wildman–Crippen LogP) is 1.64. The van der Waals surface area contributed by atoms with Crippen molar-refractivity contribution in [1.82, 2.24) is 10.2 Å². The van der Waals surface area contributed by atoms with Gasteiger partial charge in [-0.2, -0.15) is 0 Å². The second-order valence-corrected chi connectivity index (χ2v) is 5.76. The molecule has 0 unspecified atom stereocenters. The smallest absolute Gasteiger partial charge is 0.254 e. The van der Waals surface area contributed by atoms with Crippen molar-refractivity contribution >= 4 is 34.4 Å². The van der Waals surface area contributed by atoms with Crippen LogP contribution in [0.1, 0.15) is 23.2 Å². The van der Waals surface area contributed by atoms with E-state index in [1.807, 2.05) is 18.2 Å². The maximum absolute atomic E-state index is 12.1. The van der Waals surface area contributed by atoms with Gasteiger partial charge in [0.15, 0.2) is 0 Å². The number of carbonyl (C=O) groups excluding carboxylic acids is 2. The predicted molar refractivity (Wildman–Crippen MR) is 77.3 cm³/mol. The topological polar surface area (TPSA) is 49.4 Å². The molecule has 0 atom stereocenters. The molecule has 4 nitrogen and oxygen atoms in total. The lowest BCUT2D eigenvalue weighted by molar-refractivity contribution is -0.121. The molecule has 0 radical (unpaired) electrons. The quantitative estimate of drug-likeness (QED) is 0.832. The van der Waals surface area contributed by atoms with Crippen molar-refractivity contribution in [3.05, 3.63) is 33.4 Å². The van der Waals surface area contributed by atoms with E-state index in [-0.39, 0.29) is 18.4 Å². The number of amides is 2. The van der Waals surface area contributed by atoms with Gasteiger partial charge in [0.25, 0.3) is 5.91 Å². The van der Waals surface area contributed by atoms with E-state index in [0.29, 0.717) is 11.6 Å². The Kier molecular flexibility index (Phi) is 4.21. The van der Waals surface area contributed by atoms with Gasteiger partial charge in [-0.15, -0.1) is 0 Å². The molecule has 1 saturated carbocycles. The molecule has 0 heterocycles. The van der Waals surface area contributed by atoms with Crippen LogP contribution in [0, 0.1) is 3.57 Å². The minimum atomic E-state index is -0.125. The standard InChI is InChI=1S/C13H15IN2O2/c1-16(8-12(17)15-11-5-6-11)13(18)9-3-2-4-10(14)7-9/h2-4,7,11H,5-6,8H2,1H3,(H,15,17). The van der Waals surface area contributed by atoms with Gasteiger partial charge in [0.2, 0.25) is 5.91 Å². The van der Waals surface area contributed by atoms with Crippen LogP contribution in [0.3, 0.4) is 0 Å². The molecule has 2 amide bonds. The largest absolute Gasteiger partial charge is 0.352 e. The molecule has 0 aliphatic heterocycles. The Morgan fingerprint density at radius 3 is 2.78 bits per heavy atom. The minimum absolute atomic E-state index is 0.0843. The van der Waals surface area contributed by atoms with E-state index in [2.05, 4.69) is 27.9 Å².